The number of anilines is 1. The molecule has 0 radical (unpaired) electrons. The van der Waals surface area contributed by atoms with Crippen LogP contribution in [0.1, 0.15) is 48.7 Å². The van der Waals surface area contributed by atoms with Gasteiger partial charge in [0.25, 0.3) is 0 Å². The first-order valence-electron chi connectivity index (χ1n) is 13.4. The molecule has 0 bridgehead atoms. The van der Waals surface area contributed by atoms with E-state index in [1.807, 2.05) is 68.4 Å². The summed E-state index contributed by atoms with van der Waals surface area (Å²) in [4.78, 5) is 41.2. The fourth-order valence-electron chi connectivity index (χ4n) is 4.28. The van der Waals surface area contributed by atoms with Crippen LogP contribution >= 0.6 is 15.9 Å². The minimum Gasteiger partial charge on any atom is -0.352 e. The Balaban J connectivity index is 2.07. The van der Waals surface area contributed by atoms with E-state index in [0.29, 0.717) is 12.0 Å². The molecule has 0 saturated carbocycles. The predicted molar refractivity (Wildman–Crippen MR) is 165 cm³/mol. The van der Waals surface area contributed by atoms with Crippen LogP contribution in [-0.4, -0.2) is 55.8 Å². The van der Waals surface area contributed by atoms with Gasteiger partial charge >= 0.3 is 0 Å². The summed E-state index contributed by atoms with van der Waals surface area (Å²) in [6.07, 6.45) is 1.96. The maximum Gasteiger partial charge on any atom is 0.244 e. The average molecular weight is 643 g/mol. The molecule has 0 unspecified atom stereocenters. The van der Waals surface area contributed by atoms with E-state index in [-0.39, 0.29) is 36.4 Å². The summed E-state index contributed by atoms with van der Waals surface area (Å²) in [7, 11) is -3.93. The lowest BCUT2D eigenvalue weighted by Gasteiger charge is -2.34. The standard InChI is InChI=1S/C31H36BrN3O5S/c1-5-22(2)33-31(38)29(18-24-10-7-6-8-11-24)34(20-25-14-16-27(32)17-15-25)30(37)21-35(41(4,39)40)28-13-9-12-26(19-28)23(3)36/h6-17,19,22,29H,5,18,20-21H2,1-4H3,(H,33,38)/t22-,29-/m1/s1. The zero-order valence-electron chi connectivity index (χ0n) is 23.7. The molecule has 3 aromatic carbocycles. The number of hydrogen-bond donors (Lipinski definition) is 1. The Morgan fingerprint density at radius 2 is 1.59 bits per heavy atom. The molecule has 3 rings (SSSR count). The molecule has 218 valence electrons. The summed E-state index contributed by atoms with van der Waals surface area (Å²) < 4.78 is 27.7. The van der Waals surface area contributed by atoms with Gasteiger partial charge < -0.3 is 10.2 Å². The van der Waals surface area contributed by atoms with Crippen molar-refractivity contribution in [2.75, 3.05) is 17.1 Å². The van der Waals surface area contributed by atoms with Crippen molar-refractivity contribution >= 4 is 49.2 Å². The van der Waals surface area contributed by atoms with Gasteiger partial charge in [0.15, 0.2) is 5.78 Å². The quantitative estimate of drug-likeness (QED) is 0.265. The Morgan fingerprint density at radius 3 is 2.17 bits per heavy atom. The predicted octanol–water partition coefficient (Wildman–Crippen LogP) is 4.97. The van der Waals surface area contributed by atoms with Crippen molar-refractivity contribution in [3.63, 3.8) is 0 Å². The Hall–Kier alpha value is -3.50. The number of rotatable bonds is 13. The van der Waals surface area contributed by atoms with Gasteiger partial charge in [0.05, 0.1) is 11.9 Å². The Labute approximate surface area is 250 Å². The van der Waals surface area contributed by atoms with E-state index in [2.05, 4.69) is 21.2 Å². The van der Waals surface area contributed by atoms with E-state index in [9.17, 15) is 22.8 Å². The largest absolute Gasteiger partial charge is 0.352 e. The maximum atomic E-state index is 14.1. The summed E-state index contributed by atoms with van der Waals surface area (Å²) in [6.45, 7) is 4.78. The average Bonchev–Trinajstić information content (AvgIpc) is 2.94. The number of sulfonamides is 1. The van der Waals surface area contributed by atoms with Crippen molar-refractivity contribution in [3.05, 3.63) is 100 Å². The highest BCUT2D eigenvalue weighted by Gasteiger charge is 2.33. The minimum atomic E-state index is -3.93. The molecule has 2 amide bonds. The summed E-state index contributed by atoms with van der Waals surface area (Å²) in [5, 5.41) is 3.01. The number of ketones is 1. The molecule has 41 heavy (non-hydrogen) atoms. The molecule has 0 saturated heterocycles. The van der Waals surface area contributed by atoms with Crippen LogP contribution in [0.5, 0.6) is 0 Å². The van der Waals surface area contributed by atoms with E-state index in [0.717, 1.165) is 26.2 Å². The molecular weight excluding hydrogens is 606 g/mol. The van der Waals surface area contributed by atoms with Crippen LogP contribution in [0.25, 0.3) is 0 Å². The first-order chi connectivity index (χ1) is 19.4. The van der Waals surface area contributed by atoms with E-state index in [1.54, 1.807) is 12.1 Å². The zero-order valence-corrected chi connectivity index (χ0v) is 26.1. The smallest absolute Gasteiger partial charge is 0.244 e. The number of halogens is 1. The number of nitrogens with one attached hydrogen (secondary N) is 1. The molecule has 0 aliphatic carbocycles. The highest BCUT2D eigenvalue weighted by molar-refractivity contribution is 9.10. The van der Waals surface area contributed by atoms with Crippen LogP contribution in [0, 0.1) is 0 Å². The van der Waals surface area contributed by atoms with Gasteiger partial charge in [-0.3, -0.25) is 18.7 Å². The molecule has 0 aliphatic rings. The third-order valence-corrected chi connectivity index (χ3v) is 8.43. The van der Waals surface area contributed by atoms with Gasteiger partial charge in [0.1, 0.15) is 12.6 Å². The Bertz CT molecular complexity index is 1460. The fraction of sp³-hybridized carbons (Fsp3) is 0.323. The van der Waals surface area contributed by atoms with Gasteiger partial charge in [-0.25, -0.2) is 8.42 Å². The number of carbonyl (C=O) groups excluding carboxylic acids is 3. The second-order valence-electron chi connectivity index (χ2n) is 10.0. The van der Waals surface area contributed by atoms with E-state index < -0.39 is 28.5 Å². The summed E-state index contributed by atoms with van der Waals surface area (Å²) in [6, 6.07) is 21.9. The first-order valence-corrected chi connectivity index (χ1v) is 16.0. The molecule has 3 aromatic rings. The van der Waals surface area contributed by atoms with Crippen LogP contribution in [0.15, 0.2) is 83.3 Å². The molecule has 2 atom stereocenters. The van der Waals surface area contributed by atoms with Crippen LogP contribution in [0.4, 0.5) is 5.69 Å². The molecule has 0 spiro atoms. The number of benzene rings is 3. The lowest BCUT2D eigenvalue weighted by atomic mass is 10.0. The SMILES string of the molecule is CC[C@@H](C)NC(=O)[C@@H](Cc1ccccc1)N(Cc1ccc(Br)cc1)C(=O)CN(c1cccc(C(C)=O)c1)S(C)(=O)=O. The first kappa shape index (κ1) is 32.0. The van der Waals surface area contributed by atoms with Crippen molar-refractivity contribution in [1.29, 1.82) is 0 Å². The number of hydrogen-bond acceptors (Lipinski definition) is 5. The van der Waals surface area contributed by atoms with Crippen molar-refractivity contribution in [2.24, 2.45) is 0 Å². The van der Waals surface area contributed by atoms with Crippen molar-refractivity contribution in [3.8, 4) is 0 Å². The molecule has 10 heteroatoms. The van der Waals surface area contributed by atoms with Crippen molar-refractivity contribution in [1.82, 2.24) is 10.2 Å². The number of amides is 2. The summed E-state index contributed by atoms with van der Waals surface area (Å²) in [5.74, 6) is -1.10. The molecule has 8 nitrogen and oxygen atoms in total. The van der Waals surface area contributed by atoms with Gasteiger partial charge in [0, 0.05) is 29.0 Å². The third-order valence-electron chi connectivity index (χ3n) is 6.76. The Morgan fingerprint density at radius 1 is 0.927 bits per heavy atom. The van der Waals surface area contributed by atoms with Crippen LogP contribution < -0.4 is 9.62 Å². The summed E-state index contributed by atoms with van der Waals surface area (Å²) in [5.41, 5.74) is 2.16. The topological polar surface area (TPSA) is 104 Å². The summed E-state index contributed by atoms with van der Waals surface area (Å²) >= 11 is 3.43. The van der Waals surface area contributed by atoms with Gasteiger partial charge in [-0.2, -0.15) is 0 Å². The molecule has 1 N–H and O–H groups in total. The van der Waals surface area contributed by atoms with Crippen LogP contribution in [-0.2, 0) is 32.6 Å². The van der Waals surface area contributed by atoms with Crippen molar-refractivity contribution < 1.29 is 22.8 Å². The fourth-order valence-corrected chi connectivity index (χ4v) is 5.38. The number of Topliss-reactive ketones (excluding diaryl/α,β-unsaturated/α-hetero) is 1. The van der Waals surface area contributed by atoms with Gasteiger partial charge in [0.2, 0.25) is 21.8 Å². The van der Waals surface area contributed by atoms with Crippen LogP contribution in [0.3, 0.4) is 0 Å². The zero-order chi connectivity index (χ0) is 30.2. The number of nitrogens with zero attached hydrogens (tertiary/aromatic N) is 2. The highest BCUT2D eigenvalue weighted by Crippen LogP contribution is 2.22. The normalized spacial score (nSPS) is 12.7. The maximum absolute atomic E-state index is 14.1. The van der Waals surface area contributed by atoms with Gasteiger partial charge in [-0.15, -0.1) is 0 Å². The van der Waals surface area contributed by atoms with E-state index in [1.165, 1.54) is 24.0 Å². The second-order valence-corrected chi connectivity index (χ2v) is 12.9. The van der Waals surface area contributed by atoms with Gasteiger partial charge in [-0.1, -0.05) is 77.5 Å². The lowest BCUT2D eigenvalue weighted by Crippen LogP contribution is -2.54. The minimum absolute atomic E-state index is 0.0859. The lowest BCUT2D eigenvalue weighted by molar-refractivity contribution is -0.140. The molecular formula is C31H36BrN3O5S. The van der Waals surface area contributed by atoms with Crippen molar-refractivity contribution in [2.45, 2.75) is 52.2 Å². The Kier molecular flexibility index (Phi) is 11.3. The molecule has 0 aliphatic heterocycles. The third kappa shape index (κ3) is 9.26. The molecule has 0 heterocycles. The van der Waals surface area contributed by atoms with Gasteiger partial charge in [-0.05, 0) is 55.7 Å². The highest BCUT2D eigenvalue weighted by atomic mass is 79.9. The second kappa shape index (κ2) is 14.4. The van der Waals surface area contributed by atoms with E-state index in [4.69, 9.17) is 0 Å². The molecule has 0 fully saturated rings. The van der Waals surface area contributed by atoms with Crippen LogP contribution in [0.2, 0.25) is 0 Å². The number of carbonyl (C=O) groups is 3. The monoisotopic (exact) mass is 641 g/mol. The van der Waals surface area contributed by atoms with E-state index >= 15 is 0 Å². The molecule has 0 aromatic heterocycles.